The molecule has 0 saturated carbocycles. The molecule has 0 spiro atoms. The first-order chi connectivity index (χ1) is 18.2. The molecule has 1 saturated heterocycles. The fourth-order valence-electron chi connectivity index (χ4n) is 3.89. The van der Waals surface area contributed by atoms with Gasteiger partial charge < -0.3 is 15.3 Å². The van der Waals surface area contributed by atoms with E-state index in [0.29, 0.717) is 5.52 Å². The van der Waals surface area contributed by atoms with E-state index < -0.39 is 24.3 Å². The van der Waals surface area contributed by atoms with Crippen LogP contribution in [0.5, 0.6) is 5.75 Å². The normalized spacial score (nSPS) is 14.5. The maximum atomic E-state index is 10.6. The number of likely N-dealkylation sites (tertiary alicyclic amines) is 1. The Labute approximate surface area is 219 Å². The van der Waals surface area contributed by atoms with Crippen molar-refractivity contribution in [1.82, 2.24) is 9.88 Å². The van der Waals surface area contributed by atoms with E-state index in [1.54, 1.807) is 12.3 Å². The molecule has 2 aromatic carbocycles. The molecule has 1 fully saturated rings. The summed E-state index contributed by atoms with van der Waals surface area (Å²) in [4.78, 5) is 24.6. The van der Waals surface area contributed by atoms with Crippen molar-refractivity contribution >= 4 is 22.8 Å². The van der Waals surface area contributed by atoms with Gasteiger partial charge in [-0.3, -0.25) is 9.88 Å². The molecule has 1 aliphatic heterocycles. The lowest BCUT2D eigenvalue weighted by Crippen LogP contribution is -2.33. The fraction of sp³-hybridized carbons (Fsp3) is 0.346. The molecule has 0 radical (unpaired) electrons. The summed E-state index contributed by atoms with van der Waals surface area (Å²) in [7, 11) is 0. The SMILES string of the molecule is O=C(O)C(F)(F)F.O=C(O)C(F)(F)F.Oc1ccc(CN2CCC(Cc3ccccc3)CC2)c2cccnc12. The summed E-state index contributed by atoms with van der Waals surface area (Å²) in [5.41, 5.74) is 3.41. The molecule has 0 aliphatic carbocycles. The van der Waals surface area contributed by atoms with Gasteiger partial charge in [0.25, 0.3) is 0 Å². The molecule has 3 aromatic rings. The van der Waals surface area contributed by atoms with Crippen molar-refractivity contribution in [3.63, 3.8) is 0 Å². The molecule has 13 heteroatoms. The van der Waals surface area contributed by atoms with E-state index in [0.717, 1.165) is 30.9 Å². The number of aromatic hydroxyl groups is 1. The minimum absolute atomic E-state index is 0.265. The van der Waals surface area contributed by atoms with Crippen LogP contribution in [0.4, 0.5) is 26.3 Å². The number of piperidine rings is 1. The Morgan fingerprint density at radius 2 is 1.38 bits per heavy atom. The smallest absolute Gasteiger partial charge is 0.490 e. The van der Waals surface area contributed by atoms with Gasteiger partial charge in [-0.05, 0) is 61.5 Å². The van der Waals surface area contributed by atoms with Crippen LogP contribution < -0.4 is 0 Å². The van der Waals surface area contributed by atoms with E-state index in [1.165, 1.54) is 30.4 Å². The summed E-state index contributed by atoms with van der Waals surface area (Å²) in [6.07, 6.45) is -4.73. The van der Waals surface area contributed by atoms with Gasteiger partial charge in [0.15, 0.2) is 0 Å². The number of alkyl halides is 6. The number of carboxylic acids is 2. The summed E-state index contributed by atoms with van der Waals surface area (Å²) in [5, 5.41) is 25.3. The highest BCUT2D eigenvalue weighted by Gasteiger charge is 2.38. The maximum absolute atomic E-state index is 10.6. The first-order valence-corrected chi connectivity index (χ1v) is 11.6. The number of carboxylic acid groups (broad SMARTS) is 2. The van der Waals surface area contributed by atoms with E-state index in [-0.39, 0.29) is 5.75 Å². The number of phenolic OH excluding ortho intramolecular Hbond substituents is 1. The predicted molar refractivity (Wildman–Crippen MR) is 129 cm³/mol. The lowest BCUT2D eigenvalue weighted by atomic mass is 9.90. The second-order valence-corrected chi connectivity index (χ2v) is 8.66. The van der Waals surface area contributed by atoms with Crippen molar-refractivity contribution in [2.45, 2.75) is 38.2 Å². The van der Waals surface area contributed by atoms with Gasteiger partial charge >= 0.3 is 24.3 Å². The van der Waals surface area contributed by atoms with E-state index in [9.17, 15) is 31.4 Å². The molecule has 2 heterocycles. The number of phenols is 1. The zero-order valence-corrected chi connectivity index (χ0v) is 20.4. The Morgan fingerprint density at radius 1 is 0.846 bits per heavy atom. The minimum atomic E-state index is -5.08. The molecule has 0 bridgehead atoms. The Kier molecular flexibility index (Phi) is 11.1. The summed E-state index contributed by atoms with van der Waals surface area (Å²) < 4.78 is 63.5. The maximum Gasteiger partial charge on any atom is 0.490 e. The third-order valence-electron chi connectivity index (χ3n) is 5.79. The number of benzene rings is 2. The zero-order chi connectivity index (χ0) is 29.2. The monoisotopic (exact) mass is 560 g/mol. The Morgan fingerprint density at radius 3 is 1.90 bits per heavy atom. The fourth-order valence-corrected chi connectivity index (χ4v) is 3.89. The number of nitrogens with zero attached hydrogens (tertiary/aromatic N) is 2. The van der Waals surface area contributed by atoms with Crippen LogP contribution in [0.15, 0.2) is 60.8 Å². The lowest BCUT2D eigenvalue weighted by Gasteiger charge is -2.32. The topological polar surface area (TPSA) is 111 Å². The van der Waals surface area contributed by atoms with Crippen molar-refractivity contribution in [2.75, 3.05) is 13.1 Å². The van der Waals surface area contributed by atoms with Crippen molar-refractivity contribution < 1.29 is 51.3 Å². The van der Waals surface area contributed by atoms with Gasteiger partial charge in [-0.25, -0.2) is 9.59 Å². The zero-order valence-electron chi connectivity index (χ0n) is 20.4. The van der Waals surface area contributed by atoms with Gasteiger partial charge in [0.2, 0.25) is 0 Å². The van der Waals surface area contributed by atoms with Crippen LogP contribution in [-0.4, -0.2) is 62.6 Å². The van der Waals surface area contributed by atoms with Gasteiger partial charge in [-0.2, -0.15) is 26.3 Å². The Hall–Kier alpha value is -3.87. The summed E-state index contributed by atoms with van der Waals surface area (Å²) in [5.74, 6) is -4.46. The molecule has 4 rings (SSSR count). The van der Waals surface area contributed by atoms with Crippen LogP contribution in [-0.2, 0) is 22.6 Å². The van der Waals surface area contributed by atoms with E-state index in [2.05, 4.69) is 46.3 Å². The second-order valence-electron chi connectivity index (χ2n) is 8.66. The molecular formula is C26H26F6N2O5. The molecule has 3 N–H and O–H groups in total. The molecule has 0 unspecified atom stereocenters. The molecule has 0 amide bonds. The van der Waals surface area contributed by atoms with Crippen LogP contribution in [0.3, 0.4) is 0 Å². The number of rotatable bonds is 4. The van der Waals surface area contributed by atoms with Gasteiger partial charge in [0.1, 0.15) is 11.3 Å². The molecule has 0 atom stereocenters. The van der Waals surface area contributed by atoms with E-state index in [1.807, 2.05) is 12.1 Å². The van der Waals surface area contributed by atoms with Crippen LogP contribution in [0.2, 0.25) is 0 Å². The largest absolute Gasteiger partial charge is 0.506 e. The van der Waals surface area contributed by atoms with Crippen molar-refractivity contribution in [2.24, 2.45) is 5.92 Å². The van der Waals surface area contributed by atoms with Crippen molar-refractivity contribution in [3.05, 3.63) is 71.9 Å². The molecule has 39 heavy (non-hydrogen) atoms. The predicted octanol–water partition coefficient (Wildman–Crippen LogP) is 5.66. The average molecular weight is 560 g/mol. The van der Waals surface area contributed by atoms with Crippen molar-refractivity contribution in [1.29, 1.82) is 0 Å². The van der Waals surface area contributed by atoms with E-state index >= 15 is 0 Å². The van der Waals surface area contributed by atoms with Crippen LogP contribution in [0.25, 0.3) is 10.9 Å². The molecule has 1 aromatic heterocycles. The quantitative estimate of drug-likeness (QED) is 0.353. The third-order valence-corrected chi connectivity index (χ3v) is 5.79. The standard InChI is InChI=1S/C22H24N2O.2C2HF3O2/c25-21-9-8-19(20-7-4-12-23-22(20)21)16-24-13-10-18(11-14-24)15-17-5-2-1-3-6-17;2*3-2(4,5)1(6)7/h1-9,12,18,25H,10-11,13-16H2;2*(H,6,7). The van der Waals surface area contributed by atoms with Gasteiger partial charge in [0, 0.05) is 18.1 Å². The van der Waals surface area contributed by atoms with Gasteiger partial charge in [0.05, 0.1) is 0 Å². The number of fused-ring (bicyclic) bond motifs is 1. The lowest BCUT2D eigenvalue weighted by molar-refractivity contribution is -0.193. The number of aromatic nitrogens is 1. The average Bonchev–Trinajstić information content (AvgIpc) is 2.87. The highest BCUT2D eigenvalue weighted by atomic mass is 19.4. The molecule has 7 nitrogen and oxygen atoms in total. The first kappa shape index (κ1) is 31.3. The highest BCUT2D eigenvalue weighted by Crippen LogP contribution is 2.28. The molecule has 1 aliphatic rings. The van der Waals surface area contributed by atoms with Crippen LogP contribution in [0, 0.1) is 5.92 Å². The Balaban J connectivity index is 0.000000317. The molecule has 212 valence electrons. The Bertz CT molecular complexity index is 1200. The highest BCUT2D eigenvalue weighted by molar-refractivity contribution is 5.87. The minimum Gasteiger partial charge on any atom is -0.506 e. The molecular weight excluding hydrogens is 534 g/mol. The third kappa shape index (κ3) is 10.4. The van der Waals surface area contributed by atoms with Crippen LogP contribution >= 0.6 is 0 Å². The van der Waals surface area contributed by atoms with E-state index in [4.69, 9.17) is 19.8 Å². The number of hydrogen-bond acceptors (Lipinski definition) is 5. The summed E-state index contributed by atoms with van der Waals surface area (Å²) >= 11 is 0. The number of carbonyl (C=O) groups is 2. The van der Waals surface area contributed by atoms with Crippen molar-refractivity contribution in [3.8, 4) is 5.75 Å². The number of aliphatic carboxylic acids is 2. The van der Waals surface area contributed by atoms with Crippen LogP contribution in [0.1, 0.15) is 24.0 Å². The summed E-state index contributed by atoms with van der Waals surface area (Å²) in [6.45, 7) is 3.21. The first-order valence-electron chi connectivity index (χ1n) is 11.6. The van der Waals surface area contributed by atoms with Gasteiger partial charge in [-0.1, -0.05) is 42.5 Å². The number of hydrogen-bond donors (Lipinski definition) is 3. The number of pyridine rings is 1. The second kappa shape index (κ2) is 13.8. The summed E-state index contributed by atoms with van der Waals surface area (Å²) in [6, 6.07) is 18.6. The van der Waals surface area contributed by atoms with Gasteiger partial charge in [-0.15, -0.1) is 0 Å². The number of halogens is 6.